The van der Waals surface area contributed by atoms with Gasteiger partial charge in [0.15, 0.2) is 0 Å². The van der Waals surface area contributed by atoms with Gasteiger partial charge in [-0.05, 0) is 50.1 Å². The normalized spacial score (nSPS) is 17.4. The lowest BCUT2D eigenvalue weighted by Gasteiger charge is -2.41. The summed E-state index contributed by atoms with van der Waals surface area (Å²) in [4.78, 5) is 33.3. The van der Waals surface area contributed by atoms with E-state index in [0.717, 1.165) is 24.1 Å². The molecule has 2 heterocycles. The van der Waals surface area contributed by atoms with Crippen LogP contribution in [-0.2, 0) is 16.1 Å². The minimum absolute atomic E-state index is 0.0154. The number of carbonyl (C=O) groups is 2. The molecular formula is C27H33N5O4. The van der Waals surface area contributed by atoms with E-state index < -0.39 is 0 Å². The predicted octanol–water partition coefficient (Wildman–Crippen LogP) is 2.84. The number of amides is 2. The van der Waals surface area contributed by atoms with Crippen molar-refractivity contribution in [3.8, 4) is 11.8 Å². The van der Waals surface area contributed by atoms with Gasteiger partial charge in [-0.1, -0.05) is 0 Å². The molecule has 0 bridgehead atoms. The summed E-state index contributed by atoms with van der Waals surface area (Å²) in [5.74, 6) is 1.65. The second kappa shape index (κ2) is 11.4. The largest absolute Gasteiger partial charge is 0.489 e. The number of rotatable bonds is 9. The predicted molar refractivity (Wildman–Crippen MR) is 135 cm³/mol. The summed E-state index contributed by atoms with van der Waals surface area (Å²) in [6.07, 6.45) is 2.52. The molecule has 36 heavy (non-hydrogen) atoms. The molecule has 1 N–H and O–H groups in total. The summed E-state index contributed by atoms with van der Waals surface area (Å²) < 4.78 is 11.1. The molecule has 4 rings (SSSR count). The first kappa shape index (κ1) is 25.5. The van der Waals surface area contributed by atoms with Crippen molar-refractivity contribution in [3.63, 3.8) is 0 Å². The van der Waals surface area contributed by atoms with Crippen molar-refractivity contribution in [3.05, 3.63) is 52.7 Å². The van der Waals surface area contributed by atoms with Crippen molar-refractivity contribution in [1.82, 2.24) is 15.2 Å². The highest BCUT2D eigenvalue weighted by Crippen LogP contribution is 2.42. The first-order valence-electron chi connectivity index (χ1n) is 12.4. The molecule has 2 aliphatic rings. The van der Waals surface area contributed by atoms with Crippen LogP contribution in [0.4, 0.5) is 5.82 Å². The number of pyridine rings is 1. The maximum atomic E-state index is 12.5. The van der Waals surface area contributed by atoms with E-state index >= 15 is 0 Å². The Morgan fingerprint density at radius 1 is 1.22 bits per heavy atom. The molecule has 1 saturated carbocycles. The Labute approximate surface area is 212 Å². The standard InChI is InChI=1S/C27H33N5O4/c1-18-16-31(11-12-32(18)24(33)10-13-35-3)26-21(15-28)14-22(25(30-26)19-4-5-19)17-36-23-8-6-20(7-9-23)27(34)29-2/h6-9,14,18-19H,4-5,10-13,16-17H2,1-3H3,(H,29,34)/t18-/m1/s1. The fourth-order valence-corrected chi connectivity index (χ4v) is 4.57. The van der Waals surface area contributed by atoms with Crippen LogP contribution in [0.15, 0.2) is 30.3 Å². The van der Waals surface area contributed by atoms with Crippen LogP contribution in [0, 0.1) is 11.3 Å². The fourth-order valence-electron chi connectivity index (χ4n) is 4.57. The number of aromatic nitrogens is 1. The molecule has 1 aliphatic carbocycles. The number of anilines is 1. The summed E-state index contributed by atoms with van der Waals surface area (Å²) in [5, 5.41) is 12.5. The van der Waals surface area contributed by atoms with Gasteiger partial charge in [-0.15, -0.1) is 0 Å². The molecular weight excluding hydrogens is 458 g/mol. The molecule has 0 spiro atoms. The van der Waals surface area contributed by atoms with Gasteiger partial charge in [0.05, 0.1) is 24.3 Å². The van der Waals surface area contributed by atoms with Gasteiger partial charge in [-0.2, -0.15) is 5.26 Å². The Bertz CT molecular complexity index is 1140. The molecule has 190 valence electrons. The molecule has 2 aromatic rings. The number of methoxy groups -OCH3 is 1. The number of nitrogens with zero attached hydrogens (tertiary/aromatic N) is 4. The molecule has 1 saturated heterocycles. The monoisotopic (exact) mass is 491 g/mol. The molecule has 0 unspecified atom stereocenters. The first-order chi connectivity index (χ1) is 17.4. The lowest BCUT2D eigenvalue weighted by Crippen LogP contribution is -2.54. The first-order valence-corrected chi connectivity index (χ1v) is 12.4. The van der Waals surface area contributed by atoms with E-state index in [0.29, 0.717) is 67.9 Å². The van der Waals surface area contributed by atoms with E-state index in [4.69, 9.17) is 14.5 Å². The van der Waals surface area contributed by atoms with Crippen LogP contribution in [0.25, 0.3) is 0 Å². The van der Waals surface area contributed by atoms with Crippen LogP contribution >= 0.6 is 0 Å². The van der Waals surface area contributed by atoms with Crippen LogP contribution in [0.1, 0.15) is 59.3 Å². The number of nitrogens with one attached hydrogen (secondary N) is 1. The minimum atomic E-state index is -0.148. The van der Waals surface area contributed by atoms with E-state index in [1.54, 1.807) is 38.4 Å². The maximum Gasteiger partial charge on any atom is 0.251 e. The minimum Gasteiger partial charge on any atom is -0.489 e. The van der Waals surface area contributed by atoms with Crippen molar-refractivity contribution in [1.29, 1.82) is 5.26 Å². The second-order valence-corrected chi connectivity index (χ2v) is 9.31. The Kier molecular flexibility index (Phi) is 8.06. The molecule has 1 aromatic heterocycles. The van der Waals surface area contributed by atoms with Gasteiger partial charge in [0.1, 0.15) is 24.2 Å². The highest BCUT2D eigenvalue weighted by Gasteiger charge is 2.32. The number of ether oxygens (including phenoxy) is 2. The van der Waals surface area contributed by atoms with E-state index in [9.17, 15) is 14.9 Å². The van der Waals surface area contributed by atoms with Gasteiger partial charge in [-0.25, -0.2) is 4.98 Å². The Hall–Kier alpha value is -3.64. The van der Waals surface area contributed by atoms with E-state index in [1.165, 1.54) is 0 Å². The Morgan fingerprint density at radius 2 is 1.97 bits per heavy atom. The number of hydrogen-bond donors (Lipinski definition) is 1. The highest BCUT2D eigenvalue weighted by atomic mass is 16.5. The van der Waals surface area contributed by atoms with Gasteiger partial charge >= 0.3 is 0 Å². The Balaban J connectivity index is 1.50. The van der Waals surface area contributed by atoms with Gasteiger partial charge < -0.3 is 24.6 Å². The number of carbonyl (C=O) groups excluding carboxylic acids is 2. The van der Waals surface area contributed by atoms with Gasteiger partial charge in [0.2, 0.25) is 5.91 Å². The second-order valence-electron chi connectivity index (χ2n) is 9.31. The van der Waals surface area contributed by atoms with Crippen molar-refractivity contribution in [2.45, 2.75) is 44.8 Å². The van der Waals surface area contributed by atoms with Crippen LogP contribution in [0.5, 0.6) is 5.75 Å². The summed E-state index contributed by atoms with van der Waals surface area (Å²) in [6, 6.07) is 11.2. The molecule has 1 aromatic carbocycles. The lowest BCUT2D eigenvalue weighted by atomic mass is 10.1. The highest BCUT2D eigenvalue weighted by molar-refractivity contribution is 5.94. The van der Waals surface area contributed by atoms with Crippen LogP contribution < -0.4 is 15.0 Å². The van der Waals surface area contributed by atoms with Crippen molar-refractivity contribution in [2.75, 3.05) is 45.3 Å². The van der Waals surface area contributed by atoms with Crippen LogP contribution in [0.3, 0.4) is 0 Å². The molecule has 9 nitrogen and oxygen atoms in total. The van der Waals surface area contributed by atoms with Crippen molar-refractivity contribution >= 4 is 17.6 Å². The molecule has 1 atom stereocenters. The molecule has 9 heteroatoms. The molecule has 1 aliphatic heterocycles. The van der Waals surface area contributed by atoms with E-state index in [2.05, 4.69) is 16.3 Å². The van der Waals surface area contributed by atoms with E-state index in [1.807, 2.05) is 17.9 Å². The smallest absolute Gasteiger partial charge is 0.251 e. The summed E-state index contributed by atoms with van der Waals surface area (Å²) in [5.41, 5.74) is 2.97. The Morgan fingerprint density at radius 3 is 2.58 bits per heavy atom. The average Bonchev–Trinajstić information content (AvgIpc) is 3.75. The van der Waals surface area contributed by atoms with E-state index in [-0.39, 0.29) is 17.9 Å². The van der Waals surface area contributed by atoms with Crippen molar-refractivity contribution in [2.24, 2.45) is 0 Å². The zero-order valence-corrected chi connectivity index (χ0v) is 21.1. The average molecular weight is 492 g/mol. The number of nitriles is 1. The quantitative estimate of drug-likeness (QED) is 0.575. The number of piperazine rings is 1. The van der Waals surface area contributed by atoms with Crippen molar-refractivity contribution < 1.29 is 19.1 Å². The third-order valence-corrected chi connectivity index (χ3v) is 6.70. The fraction of sp³-hybridized carbons (Fsp3) is 0.481. The SMILES string of the molecule is CNC(=O)c1ccc(OCc2cc(C#N)c(N3CCN(C(=O)CCOC)[C@H](C)C3)nc2C2CC2)cc1. The summed E-state index contributed by atoms with van der Waals surface area (Å²) in [6.45, 7) is 4.58. The number of hydrogen-bond acceptors (Lipinski definition) is 7. The summed E-state index contributed by atoms with van der Waals surface area (Å²) in [7, 11) is 3.19. The molecule has 2 fully saturated rings. The topological polar surface area (TPSA) is 108 Å². The third-order valence-electron chi connectivity index (χ3n) is 6.70. The zero-order valence-electron chi connectivity index (χ0n) is 21.1. The summed E-state index contributed by atoms with van der Waals surface area (Å²) >= 11 is 0. The van der Waals surface area contributed by atoms with Crippen LogP contribution in [-0.4, -0.2) is 68.1 Å². The number of benzene rings is 1. The van der Waals surface area contributed by atoms with Crippen LogP contribution in [0.2, 0.25) is 0 Å². The maximum absolute atomic E-state index is 12.5. The zero-order chi connectivity index (χ0) is 25.7. The molecule has 2 amide bonds. The van der Waals surface area contributed by atoms with Gasteiger partial charge in [0, 0.05) is 56.9 Å². The molecule has 0 radical (unpaired) electrons. The third kappa shape index (κ3) is 5.77. The van der Waals surface area contributed by atoms with Gasteiger partial charge in [0.25, 0.3) is 5.91 Å². The lowest BCUT2D eigenvalue weighted by molar-refractivity contribution is -0.134. The van der Waals surface area contributed by atoms with Gasteiger partial charge in [-0.3, -0.25) is 9.59 Å².